The maximum Gasteiger partial charge on any atom is 0.146 e. The highest BCUT2D eigenvalue weighted by Crippen LogP contribution is 2.20. The second kappa shape index (κ2) is 4.79. The van der Waals surface area contributed by atoms with E-state index in [0.717, 1.165) is 23.5 Å². The van der Waals surface area contributed by atoms with Crippen LogP contribution in [0.4, 0.5) is 0 Å². The number of aromatic nitrogens is 3. The van der Waals surface area contributed by atoms with E-state index in [1.165, 1.54) is 0 Å². The lowest BCUT2D eigenvalue weighted by Gasteiger charge is -2.07. The molecule has 2 aromatic rings. The van der Waals surface area contributed by atoms with Crippen LogP contribution in [0.2, 0.25) is 0 Å². The fraction of sp³-hybridized carbons (Fsp3) is 0.308. The first-order chi connectivity index (χ1) is 8.24. The van der Waals surface area contributed by atoms with Crippen molar-refractivity contribution in [3.05, 3.63) is 35.9 Å². The molecule has 4 nitrogen and oxygen atoms in total. The van der Waals surface area contributed by atoms with E-state index in [4.69, 9.17) is 5.26 Å². The average Bonchev–Trinajstić information content (AvgIpc) is 2.83. The minimum Gasteiger partial charge on any atom is -0.360 e. The summed E-state index contributed by atoms with van der Waals surface area (Å²) >= 11 is 0. The second-order valence-electron chi connectivity index (χ2n) is 3.93. The largest absolute Gasteiger partial charge is 0.360 e. The number of rotatable bonds is 3. The molecular formula is C13H14N4. The Kier molecular flexibility index (Phi) is 3.20. The van der Waals surface area contributed by atoms with Crippen molar-refractivity contribution in [3.8, 4) is 17.5 Å². The van der Waals surface area contributed by atoms with Gasteiger partial charge in [-0.15, -0.1) is 0 Å². The molecule has 0 aliphatic heterocycles. The van der Waals surface area contributed by atoms with Gasteiger partial charge in [-0.2, -0.15) is 5.26 Å². The van der Waals surface area contributed by atoms with Crippen LogP contribution in [-0.4, -0.2) is 15.0 Å². The van der Waals surface area contributed by atoms with Gasteiger partial charge >= 0.3 is 0 Å². The lowest BCUT2D eigenvalue weighted by molar-refractivity contribution is 0.746. The van der Waals surface area contributed by atoms with Crippen molar-refractivity contribution in [2.75, 3.05) is 0 Å². The summed E-state index contributed by atoms with van der Waals surface area (Å²) in [4.78, 5) is 11.9. The van der Waals surface area contributed by atoms with E-state index < -0.39 is 0 Å². The first kappa shape index (κ1) is 11.3. The molecule has 2 aromatic heterocycles. The fourth-order valence-corrected chi connectivity index (χ4v) is 1.71. The Bertz CT molecular complexity index is 537. The second-order valence-corrected chi connectivity index (χ2v) is 3.93. The van der Waals surface area contributed by atoms with Gasteiger partial charge in [0.2, 0.25) is 0 Å². The van der Waals surface area contributed by atoms with Gasteiger partial charge in [0, 0.05) is 11.9 Å². The van der Waals surface area contributed by atoms with Crippen molar-refractivity contribution in [1.82, 2.24) is 15.0 Å². The van der Waals surface area contributed by atoms with Gasteiger partial charge in [0.05, 0.1) is 17.5 Å². The summed E-state index contributed by atoms with van der Waals surface area (Å²) in [6.07, 6.45) is 2.58. The Morgan fingerprint density at radius 1 is 1.47 bits per heavy atom. The van der Waals surface area contributed by atoms with E-state index >= 15 is 0 Å². The highest BCUT2D eigenvalue weighted by Gasteiger charge is 2.13. The quantitative estimate of drug-likeness (QED) is 0.875. The van der Waals surface area contributed by atoms with Gasteiger partial charge < -0.3 is 4.98 Å². The first-order valence-corrected chi connectivity index (χ1v) is 5.63. The zero-order valence-corrected chi connectivity index (χ0v) is 9.94. The molecule has 1 unspecified atom stereocenters. The number of hydrogen-bond acceptors (Lipinski definition) is 3. The van der Waals surface area contributed by atoms with Crippen molar-refractivity contribution in [3.63, 3.8) is 0 Å². The number of aryl methyl sites for hydroxylation is 1. The summed E-state index contributed by atoms with van der Waals surface area (Å²) in [5.41, 5.74) is 2.67. The standard InChI is InChI=1S/C13H14N4/c1-3-10(8-14)13-16-9(2)7-12(17-13)11-5-4-6-15-11/h4-7,10,15H,3H2,1-2H3. The van der Waals surface area contributed by atoms with Crippen LogP contribution in [0.25, 0.3) is 11.4 Å². The van der Waals surface area contributed by atoms with Crippen molar-refractivity contribution >= 4 is 0 Å². The molecule has 0 aliphatic rings. The minimum absolute atomic E-state index is 0.233. The van der Waals surface area contributed by atoms with Gasteiger partial charge in [-0.1, -0.05) is 6.92 Å². The first-order valence-electron chi connectivity index (χ1n) is 5.63. The Labute approximate surface area is 100 Å². The molecular weight excluding hydrogens is 212 g/mol. The Balaban J connectivity index is 2.47. The van der Waals surface area contributed by atoms with E-state index in [-0.39, 0.29) is 5.92 Å². The van der Waals surface area contributed by atoms with Gasteiger partial charge in [-0.05, 0) is 31.5 Å². The number of hydrogen-bond donors (Lipinski definition) is 1. The van der Waals surface area contributed by atoms with Crippen LogP contribution < -0.4 is 0 Å². The third-order valence-corrected chi connectivity index (χ3v) is 2.62. The molecule has 17 heavy (non-hydrogen) atoms. The zero-order chi connectivity index (χ0) is 12.3. The van der Waals surface area contributed by atoms with Crippen LogP contribution in [0, 0.1) is 18.3 Å². The van der Waals surface area contributed by atoms with Crippen molar-refractivity contribution in [1.29, 1.82) is 5.26 Å². The molecule has 2 rings (SSSR count). The molecule has 0 aromatic carbocycles. The number of nitrogens with zero attached hydrogens (tertiary/aromatic N) is 3. The molecule has 0 saturated carbocycles. The normalized spacial score (nSPS) is 12.1. The van der Waals surface area contributed by atoms with Crippen molar-refractivity contribution in [2.45, 2.75) is 26.2 Å². The summed E-state index contributed by atoms with van der Waals surface area (Å²) in [6.45, 7) is 3.88. The molecule has 1 N–H and O–H groups in total. The third-order valence-electron chi connectivity index (χ3n) is 2.62. The van der Waals surface area contributed by atoms with Gasteiger partial charge in [0.1, 0.15) is 11.7 Å². The Morgan fingerprint density at radius 2 is 2.29 bits per heavy atom. The molecule has 0 spiro atoms. The highest BCUT2D eigenvalue weighted by atomic mass is 14.9. The van der Waals surface area contributed by atoms with Gasteiger partial charge in [0.25, 0.3) is 0 Å². The smallest absolute Gasteiger partial charge is 0.146 e. The van der Waals surface area contributed by atoms with Crippen LogP contribution in [0.1, 0.15) is 30.8 Å². The summed E-state index contributed by atoms with van der Waals surface area (Å²) in [6, 6.07) is 8.03. The topological polar surface area (TPSA) is 65.4 Å². The molecule has 0 amide bonds. The lowest BCUT2D eigenvalue weighted by atomic mass is 10.1. The van der Waals surface area contributed by atoms with Crippen LogP contribution in [0.15, 0.2) is 24.4 Å². The van der Waals surface area contributed by atoms with Crippen LogP contribution in [0.3, 0.4) is 0 Å². The monoisotopic (exact) mass is 226 g/mol. The van der Waals surface area contributed by atoms with E-state index in [0.29, 0.717) is 5.82 Å². The van der Waals surface area contributed by atoms with Crippen LogP contribution >= 0.6 is 0 Å². The van der Waals surface area contributed by atoms with Gasteiger partial charge in [-0.3, -0.25) is 0 Å². The number of H-pyrrole nitrogens is 1. The maximum atomic E-state index is 9.05. The van der Waals surface area contributed by atoms with Crippen molar-refractivity contribution in [2.24, 2.45) is 0 Å². The van der Waals surface area contributed by atoms with E-state index in [1.54, 1.807) is 0 Å². The van der Waals surface area contributed by atoms with E-state index in [2.05, 4.69) is 21.0 Å². The van der Waals surface area contributed by atoms with Gasteiger partial charge in [0.15, 0.2) is 0 Å². The average molecular weight is 226 g/mol. The number of nitrogens with one attached hydrogen (secondary N) is 1. The molecule has 86 valence electrons. The van der Waals surface area contributed by atoms with E-state index in [1.807, 2.05) is 38.2 Å². The maximum absolute atomic E-state index is 9.05. The van der Waals surface area contributed by atoms with Crippen LogP contribution in [-0.2, 0) is 0 Å². The summed E-state index contributed by atoms with van der Waals surface area (Å²) in [5.74, 6) is 0.378. The molecule has 4 heteroatoms. The molecule has 0 fully saturated rings. The van der Waals surface area contributed by atoms with Gasteiger partial charge in [-0.25, -0.2) is 9.97 Å². The molecule has 0 aliphatic carbocycles. The Morgan fingerprint density at radius 3 is 2.88 bits per heavy atom. The minimum atomic E-state index is -0.233. The predicted octanol–water partition coefficient (Wildman–Crippen LogP) is 2.80. The zero-order valence-electron chi connectivity index (χ0n) is 9.94. The lowest BCUT2D eigenvalue weighted by Crippen LogP contribution is -2.04. The number of nitriles is 1. The Hall–Kier alpha value is -2.15. The molecule has 0 bridgehead atoms. The highest BCUT2D eigenvalue weighted by molar-refractivity contribution is 5.54. The van der Waals surface area contributed by atoms with Crippen molar-refractivity contribution < 1.29 is 0 Å². The molecule has 1 atom stereocenters. The third kappa shape index (κ3) is 2.34. The van der Waals surface area contributed by atoms with Crippen LogP contribution in [0.5, 0.6) is 0 Å². The summed E-state index contributed by atoms with van der Waals surface area (Å²) in [7, 11) is 0. The summed E-state index contributed by atoms with van der Waals surface area (Å²) in [5, 5.41) is 9.05. The molecule has 0 saturated heterocycles. The predicted molar refractivity (Wildman–Crippen MR) is 65.2 cm³/mol. The fourth-order valence-electron chi connectivity index (χ4n) is 1.71. The van der Waals surface area contributed by atoms with E-state index in [9.17, 15) is 0 Å². The molecule has 2 heterocycles. The summed E-state index contributed by atoms with van der Waals surface area (Å²) < 4.78 is 0. The SMILES string of the molecule is CCC(C#N)c1nc(C)cc(-c2ccc[nH]2)n1. The number of aromatic amines is 1. The molecule has 0 radical (unpaired) electrons.